The van der Waals surface area contributed by atoms with Crippen LogP contribution in [0, 0.1) is 10.4 Å². The predicted molar refractivity (Wildman–Crippen MR) is 114 cm³/mol. The normalized spacial score (nSPS) is 13.5. The number of rotatable bonds is 2. The molecule has 0 radical (unpaired) electrons. The van der Waals surface area contributed by atoms with Crippen LogP contribution in [0.25, 0.3) is 20.0 Å². The third kappa shape index (κ3) is 3.62. The Labute approximate surface area is 205 Å². The summed E-state index contributed by atoms with van der Waals surface area (Å²) in [6.45, 7) is 4.47. The Balaban J connectivity index is 0.00000128. The zero-order valence-electron chi connectivity index (χ0n) is 17.0. The maximum absolute atomic E-state index is 2.34. The van der Waals surface area contributed by atoms with E-state index < -0.39 is 0 Å². The van der Waals surface area contributed by atoms with Gasteiger partial charge in [-0.05, 0) is 0 Å². The minimum absolute atomic E-state index is 0. The SMILES string of the molecule is CC(C)=c1ccc2c(c1C1=C(c3ccccc3)C=CC1)[C]([Zr+2])=c1ccccc1=2.[Cl-].[Cl-]. The Bertz CT molecular complexity index is 1390. The molecule has 0 saturated carbocycles. The molecular weight excluding hydrogens is 486 g/mol. The number of halogens is 2. The van der Waals surface area contributed by atoms with E-state index in [-0.39, 0.29) is 24.8 Å². The number of hydrogen-bond donors (Lipinski definition) is 0. The van der Waals surface area contributed by atoms with Crippen LogP contribution in [-0.2, 0) is 24.7 Å². The van der Waals surface area contributed by atoms with Gasteiger partial charge in [0.1, 0.15) is 0 Å². The summed E-state index contributed by atoms with van der Waals surface area (Å²) in [5, 5.41) is 5.59. The van der Waals surface area contributed by atoms with Crippen molar-refractivity contribution >= 4 is 20.0 Å². The van der Waals surface area contributed by atoms with Gasteiger partial charge < -0.3 is 24.8 Å². The Morgan fingerprint density at radius 1 is 0.733 bits per heavy atom. The molecular formula is C27H21Cl2Zr. The minimum Gasteiger partial charge on any atom is -1.00 e. The number of hydrogen-bond acceptors (Lipinski definition) is 0. The molecule has 3 aromatic carbocycles. The van der Waals surface area contributed by atoms with Crippen molar-refractivity contribution in [2.24, 2.45) is 0 Å². The van der Waals surface area contributed by atoms with Crippen molar-refractivity contribution in [3.63, 3.8) is 0 Å². The third-order valence-corrected chi connectivity index (χ3v) is 7.08. The molecule has 0 fully saturated rings. The van der Waals surface area contributed by atoms with Crippen molar-refractivity contribution in [2.45, 2.75) is 20.3 Å². The smallest absolute Gasteiger partial charge is 1.00 e. The van der Waals surface area contributed by atoms with Gasteiger partial charge in [-0.15, -0.1) is 0 Å². The molecule has 3 heteroatoms. The van der Waals surface area contributed by atoms with Gasteiger partial charge in [-0.1, -0.05) is 0 Å². The Morgan fingerprint density at radius 2 is 1.40 bits per heavy atom. The second kappa shape index (κ2) is 9.23. The maximum Gasteiger partial charge on any atom is -1.00 e. The summed E-state index contributed by atoms with van der Waals surface area (Å²) in [5.41, 5.74) is 8.44. The second-order valence-corrected chi connectivity index (χ2v) is 8.93. The van der Waals surface area contributed by atoms with E-state index in [0.717, 1.165) is 6.42 Å². The fourth-order valence-electron chi connectivity index (χ4n) is 4.52. The molecule has 30 heavy (non-hydrogen) atoms. The van der Waals surface area contributed by atoms with Crippen molar-refractivity contribution in [2.75, 3.05) is 0 Å². The van der Waals surface area contributed by atoms with Gasteiger partial charge in [-0.2, -0.15) is 0 Å². The molecule has 0 aromatic heterocycles. The van der Waals surface area contributed by atoms with Crippen LogP contribution in [0.4, 0.5) is 0 Å². The van der Waals surface area contributed by atoms with Crippen molar-refractivity contribution in [1.29, 1.82) is 0 Å². The number of allylic oxidation sites excluding steroid dienone is 4. The van der Waals surface area contributed by atoms with E-state index >= 15 is 0 Å². The monoisotopic (exact) mass is 505 g/mol. The Morgan fingerprint density at radius 3 is 2.10 bits per heavy atom. The third-order valence-electron chi connectivity index (χ3n) is 5.80. The summed E-state index contributed by atoms with van der Waals surface area (Å²) in [5.74, 6) is 0. The van der Waals surface area contributed by atoms with Gasteiger partial charge >= 0.3 is 181 Å². The molecule has 0 atom stereocenters. The summed E-state index contributed by atoms with van der Waals surface area (Å²) in [7, 11) is 0. The zero-order valence-corrected chi connectivity index (χ0v) is 20.9. The first kappa shape index (κ1) is 23.0. The van der Waals surface area contributed by atoms with Crippen molar-refractivity contribution < 1.29 is 49.5 Å². The first-order valence-corrected chi connectivity index (χ1v) is 11.0. The molecule has 2 aliphatic carbocycles. The molecule has 0 saturated heterocycles. The van der Waals surface area contributed by atoms with Crippen LogP contribution in [0.3, 0.4) is 0 Å². The standard InChI is InChI=1S/C27H21.2ClH.Zr/c1-18(2)21-15-16-24-23-12-7-6-11-20(23)17-26(24)27(21)25-14-8-13-22(25)19-9-4-3-5-10-19;;;/h3-13,15-16H,14H2,1-2H3;2*1H;/q;;;+2/p-2. The fraction of sp³-hybridized carbons (Fsp3) is 0.111. The van der Waals surface area contributed by atoms with Crippen LogP contribution < -0.4 is 35.3 Å². The van der Waals surface area contributed by atoms with Gasteiger partial charge in [0.05, 0.1) is 0 Å². The molecule has 147 valence electrons. The fourth-order valence-corrected chi connectivity index (χ4v) is 5.69. The van der Waals surface area contributed by atoms with E-state index in [1.54, 1.807) is 0 Å². The zero-order chi connectivity index (χ0) is 19.3. The van der Waals surface area contributed by atoms with Crippen molar-refractivity contribution in [3.05, 3.63) is 116 Å². The van der Waals surface area contributed by atoms with Crippen LogP contribution in [0.15, 0.2) is 78.9 Å². The van der Waals surface area contributed by atoms with Crippen LogP contribution in [0.1, 0.15) is 37.0 Å². The average Bonchev–Trinajstić information content (AvgIpc) is 3.32. The van der Waals surface area contributed by atoms with E-state index in [2.05, 4.69) is 92.7 Å². The molecule has 0 unspecified atom stereocenters. The van der Waals surface area contributed by atoms with E-state index in [1.165, 1.54) is 82.3 Å². The minimum atomic E-state index is 0. The molecule has 0 aliphatic heterocycles. The molecule has 2 aliphatic rings. The van der Waals surface area contributed by atoms with Crippen LogP contribution in [0.2, 0.25) is 0 Å². The molecule has 3 aromatic rings. The molecule has 0 bridgehead atoms. The number of benzene rings is 3. The van der Waals surface area contributed by atoms with Gasteiger partial charge in [0.2, 0.25) is 0 Å². The van der Waals surface area contributed by atoms with Gasteiger partial charge in [-0.25, -0.2) is 0 Å². The molecule has 0 amide bonds. The Hall–Kier alpha value is -1.66. The van der Waals surface area contributed by atoms with E-state index in [4.69, 9.17) is 0 Å². The van der Waals surface area contributed by atoms with Gasteiger partial charge in [0.15, 0.2) is 0 Å². The van der Waals surface area contributed by atoms with E-state index in [1.807, 2.05) is 0 Å². The predicted octanol–water partition coefficient (Wildman–Crippen LogP) is -0.941. The van der Waals surface area contributed by atoms with Gasteiger partial charge in [0, 0.05) is 0 Å². The van der Waals surface area contributed by atoms with Crippen LogP contribution in [0.5, 0.6) is 0 Å². The maximum atomic E-state index is 2.34. The summed E-state index contributed by atoms with van der Waals surface area (Å²) < 4.78 is 1.49. The van der Waals surface area contributed by atoms with E-state index in [0.29, 0.717) is 0 Å². The first-order chi connectivity index (χ1) is 13.7. The number of fused-ring (bicyclic) bond motifs is 2. The Kier molecular flexibility index (Phi) is 7.08. The molecule has 0 spiro atoms. The van der Waals surface area contributed by atoms with Crippen LogP contribution in [-0.4, -0.2) is 0 Å². The summed E-state index contributed by atoms with van der Waals surface area (Å²) >= 11 is 1.48. The average molecular weight is 508 g/mol. The molecule has 5 rings (SSSR count). The quantitative estimate of drug-likeness (QED) is 0.420. The summed E-state index contributed by atoms with van der Waals surface area (Å²) in [6.07, 6.45) is 5.63. The topological polar surface area (TPSA) is 0 Å². The van der Waals surface area contributed by atoms with Crippen molar-refractivity contribution in [3.8, 4) is 0 Å². The molecule has 0 nitrogen and oxygen atoms in total. The van der Waals surface area contributed by atoms with Gasteiger partial charge in [0.25, 0.3) is 0 Å². The first-order valence-electron chi connectivity index (χ1n) is 9.78. The molecule has 0 heterocycles. The van der Waals surface area contributed by atoms with Gasteiger partial charge in [-0.3, -0.25) is 0 Å². The summed E-state index contributed by atoms with van der Waals surface area (Å²) in [4.78, 5) is 0. The second-order valence-electron chi connectivity index (χ2n) is 7.70. The van der Waals surface area contributed by atoms with Crippen LogP contribution >= 0.6 is 0 Å². The van der Waals surface area contributed by atoms with E-state index in [9.17, 15) is 0 Å². The van der Waals surface area contributed by atoms with Crippen molar-refractivity contribution in [1.82, 2.24) is 0 Å². The molecule has 0 N–H and O–H groups in total. The summed E-state index contributed by atoms with van der Waals surface area (Å²) in [6, 6.07) is 24.4. The largest absolute Gasteiger partial charge is 1.00 e.